The molecule has 0 saturated carbocycles. The molecule has 0 spiro atoms. The van der Waals surface area contributed by atoms with Crippen LogP contribution in [-0.2, 0) is 0 Å². The van der Waals surface area contributed by atoms with Gasteiger partial charge in [-0.15, -0.1) is 10.2 Å². The molecule has 1 heterocycles. The largest absolute Gasteiger partial charge is 0.389 e. The van der Waals surface area contributed by atoms with E-state index in [0.29, 0.717) is 10.8 Å². The van der Waals surface area contributed by atoms with Crippen molar-refractivity contribution in [1.29, 1.82) is 0 Å². The number of amides is 1. The van der Waals surface area contributed by atoms with E-state index in [4.69, 9.17) is 18.0 Å². The Hall–Kier alpha value is -2.54. The highest BCUT2D eigenvalue weighted by atomic mass is 32.1. The molecule has 1 aromatic heterocycles. The van der Waals surface area contributed by atoms with Crippen LogP contribution in [0.15, 0.2) is 36.4 Å². The highest BCUT2D eigenvalue weighted by molar-refractivity contribution is 7.80. The van der Waals surface area contributed by atoms with Crippen molar-refractivity contribution in [2.75, 3.05) is 19.0 Å². The molecule has 1 aromatic carbocycles. The summed E-state index contributed by atoms with van der Waals surface area (Å²) in [5.41, 5.74) is 7.57. The average molecular weight is 301 g/mol. The average Bonchev–Trinajstić information content (AvgIpc) is 2.53. The van der Waals surface area contributed by atoms with E-state index in [2.05, 4.69) is 15.5 Å². The van der Waals surface area contributed by atoms with Crippen LogP contribution >= 0.6 is 12.2 Å². The Morgan fingerprint density at radius 1 is 1.19 bits per heavy atom. The molecule has 0 aliphatic rings. The standard InChI is InChI=1S/C14H15N5OS/c1-16-14(20)11-7-8-12(18-17-11)19(2)10-5-3-9(4-6-10)13(15)21/h3-8H,1-2H3,(H2,15,21)(H,16,20). The molecule has 108 valence electrons. The van der Waals surface area contributed by atoms with Crippen molar-refractivity contribution >= 4 is 34.6 Å². The summed E-state index contributed by atoms with van der Waals surface area (Å²) in [6.45, 7) is 0. The van der Waals surface area contributed by atoms with E-state index in [1.54, 1.807) is 19.2 Å². The van der Waals surface area contributed by atoms with E-state index in [0.717, 1.165) is 11.3 Å². The van der Waals surface area contributed by atoms with Gasteiger partial charge in [-0.05, 0) is 36.4 Å². The molecule has 2 rings (SSSR count). The fourth-order valence-corrected chi connectivity index (χ4v) is 1.87. The Labute approximate surface area is 128 Å². The molecule has 0 radical (unpaired) electrons. The maximum absolute atomic E-state index is 11.4. The molecule has 6 nitrogen and oxygen atoms in total. The molecule has 3 N–H and O–H groups in total. The molecule has 21 heavy (non-hydrogen) atoms. The Bertz CT molecular complexity index is 654. The van der Waals surface area contributed by atoms with Crippen molar-refractivity contribution in [3.63, 3.8) is 0 Å². The molecular formula is C14H15N5OS. The number of benzene rings is 1. The summed E-state index contributed by atoms with van der Waals surface area (Å²) in [5.74, 6) is 0.364. The topological polar surface area (TPSA) is 84.1 Å². The first-order valence-corrected chi connectivity index (χ1v) is 6.63. The second-order valence-corrected chi connectivity index (χ2v) is 4.77. The van der Waals surface area contributed by atoms with E-state index >= 15 is 0 Å². The maximum atomic E-state index is 11.4. The first-order valence-electron chi connectivity index (χ1n) is 6.22. The van der Waals surface area contributed by atoms with Crippen LogP contribution in [-0.4, -0.2) is 35.2 Å². The third-order valence-corrected chi connectivity index (χ3v) is 3.23. The van der Waals surface area contributed by atoms with Gasteiger partial charge in [0.15, 0.2) is 11.5 Å². The normalized spacial score (nSPS) is 10.0. The van der Waals surface area contributed by atoms with E-state index in [9.17, 15) is 4.79 Å². The number of nitrogens with zero attached hydrogens (tertiary/aromatic N) is 3. The number of aromatic nitrogens is 2. The zero-order valence-electron chi connectivity index (χ0n) is 11.7. The van der Waals surface area contributed by atoms with Crippen LogP contribution in [0.5, 0.6) is 0 Å². The molecule has 7 heteroatoms. The number of nitrogens with one attached hydrogen (secondary N) is 1. The van der Waals surface area contributed by atoms with Crippen LogP contribution in [0.1, 0.15) is 16.1 Å². The minimum absolute atomic E-state index is 0.266. The van der Waals surface area contributed by atoms with Crippen molar-refractivity contribution in [3.05, 3.63) is 47.7 Å². The molecule has 0 saturated heterocycles. The Morgan fingerprint density at radius 3 is 2.33 bits per heavy atom. The SMILES string of the molecule is CNC(=O)c1ccc(N(C)c2ccc(C(N)=S)cc2)nn1. The number of rotatable bonds is 4. The van der Waals surface area contributed by atoms with Gasteiger partial charge in [-0.1, -0.05) is 12.2 Å². The summed E-state index contributed by atoms with van der Waals surface area (Å²) in [5, 5.41) is 10.4. The number of hydrogen-bond donors (Lipinski definition) is 2. The van der Waals surface area contributed by atoms with Crippen LogP contribution in [0.2, 0.25) is 0 Å². The summed E-state index contributed by atoms with van der Waals surface area (Å²) in [4.78, 5) is 13.6. The zero-order valence-corrected chi connectivity index (χ0v) is 12.5. The van der Waals surface area contributed by atoms with Crippen LogP contribution in [0.4, 0.5) is 11.5 Å². The van der Waals surface area contributed by atoms with E-state index in [-0.39, 0.29) is 11.6 Å². The second kappa shape index (κ2) is 6.27. The van der Waals surface area contributed by atoms with Gasteiger partial charge in [0.2, 0.25) is 0 Å². The van der Waals surface area contributed by atoms with Crippen molar-refractivity contribution < 1.29 is 4.79 Å². The van der Waals surface area contributed by atoms with Gasteiger partial charge >= 0.3 is 0 Å². The molecule has 1 amide bonds. The molecule has 0 fully saturated rings. The number of anilines is 2. The molecule has 0 unspecified atom stereocenters. The molecular weight excluding hydrogens is 286 g/mol. The Morgan fingerprint density at radius 2 is 1.86 bits per heavy atom. The predicted octanol–water partition coefficient (Wildman–Crippen LogP) is 1.24. The monoisotopic (exact) mass is 301 g/mol. The van der Waals surface area contributed by atoms with Crippen molar-refractivity contribution in [1.82, 2.24) is 15.5 Å². The minimum Gasteiger partial charge on any atom is -0.389 e. The van der Waals surface area contributed by atoms with Crippen LogP contribution in [0.3, 0.4) is 0 Å². The molecule has 0 bridgehead atoms. The van der Waals surface area contributed by atoms with Gasteiger partial charge in [-0.3, -0.25) is 4.79 Å². The first-order chi connectivity index (χ1) is 10.0. The first kappa shape index (κ1) is 14.9. The van der Waals surface area contributed by atoms with Crippen molar-refractivity contribution in [2.45, 2.75) is 0 Å². The lowest BCUT2D eigenvalue weighted by atomic mass is 10.2. The summed E-state index contributed by atoms with van der Waals surface area (Å²) in [6.07, 6.45) is 0. The van der Waals surface area contributed by atoms with Gasteiger partial charge in [-0.2, -0.15) is 0 Å². The minimum atomic E-state index is -0.266. The Kier molecular flexibility index (Phi) is 4.44. The van der Waals surface area contributed by atoms with E-state index in [1.807, 2.05) is 36.2 Å². The summed E-state index contributed by atoms with van der Waals surface area (Å²) >= 11 is 4.92. The van der Waals surface area contributed by atoms with Crippen LogP contribution < -0.4 is 16.0 Å². The number of carbonyl (C=O) groups excluding carboxylic acids is 1. The maximum Gasteiger partial charge on any atom is 0.271 e. The smallest absolute Gasteiger partial charge is 0.271 e. The van der Waals surface area contributed by atoms with Gasteiger partial charge < -0.3 is 16.0 Å². The molecule has 2 aromatic rings. The summed E-state index contributed by atoms with van der Waals surface area (Å²) < 4.78 is 0. The number of carbonyl (C=O) groups is 1. The third kappa shape index (κ3) is 3.32. The van der Waals surface area contributed by atoms with Gasteiger partial charge in [0.25, 0.3) is 5.91 Å². The molecule has 0 atom stereocenters. The quantitative estimate of drug-likeness (QED) is 0.827. The van der Waals surface area contributed by atoms with Gasteiger partial charge in [0.1, 0.15) is 4.99 Å². The fraction of sp³-hybridized carbons (Fsp3) is 0.143. The lowest BCUT2D eigenvalue weighted by Gasteiger charge is -2.18. The van der Waals surface area contributed by atoms with Crippen LogP contribution in [0.25, 0.3) is 0 Å². The number of hydrogen-bond acceptors (Lipinski definition) is 5. The Balaban J connectivity index is 2.21. The lowest BCUT2D eigenvalue weighted by molar-refractivity contribution is 0.0957. The van der Waals surface area contributed by atoms with Gasteiger partial charge in [-0.25, -0.2) is 0 Å². The predicted molar refractivity (Wildman–Crippen MR) is 85.8 cm³/mol. The fourth-order valence-electron chi connectivity index (χ4n) is 1.73. The van der Waals surface area contributed by atoms with Gasteiger partial charge in [0.05, 0.1) is 0 Å². The highest BCUT2D eigenvalue weighted by Gasteiger charge is 2.09. The summed E-state index contributed by atoms with van der Waals surface area (Å²) in [6, 6.07) is 10.8. The number of thiocarbonyl (C=S) groups is 1. The van der Waals surface area contributed by atoms with Crippen LogP contribution in [0, 0.1) is 0 Å². The van der Waals surface area contributed by atoms with Crippen molar-refractivity contribution in [3.8, 4) is 0 Å². The summed E-state index contributed by atoms with van der Waals surface area (Å²) in [7, 11) is 3.41. The zero-order chi connectivity index (χ0) is 15.4. The second-order valence-electron chi connectivity index (χ2n) is 4.33. The van der Waals surface area contributed by atoms with Crippen molar-refractivity contribution in [2.24, 2.45) is 5.73 Å². The lowest BCUT2D eigenvalue weighted by Crippen LogP contribution is -2.20. The molecule has 0 aliphatic carbocycles. The van der Waals surface area contributed by atoms with Gasteiger partial charge in [0, 0.05) is 25.3 Å². The van der Waals surface area contributed by atoms with E-state index in [1.165, 1.54) is 0 Å². The number of nitrogens with two attached hydrogens (primary N) is 1. The highest BCUT2D eigenvalue weighted by Crippen LogP contribution is 2.21. The van der Waals surface area contributed by atoms with E-state index < -0.39 is 0 Å². The third-order valence-electron chi connectivity index (χ3n) is 2.99. The molecule has 0 aliphatic heterocycles.